The van der Waals surface area contributed by atoms with E-state index in [1.165, 1.54) is 0 Å². The molecule has 2 aromatic rings. The van der Waals surface area contributed by atoms with Crippen LogP contribution in [0.5, 0.6) is 0 Å². The first-order chi connectivity index (χ1) is 12.3. The minimum absolute atomic E-state index is 0.214. The predicted octanol–water partition coefficient (Wildman–Crippen LogP) is 1.67. The van der Waals surface area contributed by atoms with Gasteiger partial charge in [0.2, 0.25) is 10.0 Å². The summed E-state index contributed by atoms with van der Waals surface area (Å²) < 4.78 is 46.9. The maximum atomic E-state index is 11.7. The third-order valence-electron chi connectivity index (χ3n) is 3.46. The number of rotatable bonds is 6. The summed E-state index contributed by atoms with van der Waals surface area (Å²) in [4.78, 5) is 19.3. The first-order valence-corrected chi connectivity index (χ1v) is 10.7. The number of nitro groups is 2. The number of benzene rings is 2. The van der Waals surface area contributed by atoms with Gasteiger partial charge in [0, 0.05) is 41.4 Å². The van der Waals surface area contributed by atoms with Crippen LogP contribution in [0, 0.1) is 20.2 Å². The molecule has 0 aromatic heterocycles. The van der Waals surface area contributed by atoms with Crippen LogP contribution in [0.15, 0.2) is 46.2 Å². The van der Waals surface area contributed by atoms with Crippen molar-refractivity contribution in [2.45, 2.75) is 16.2 Å². The van der Waals surface area contributed by atoms with Crippen molar-refractivity contribution in [2.24, 2.45) is 5.14 Å². The molecule has 11 nitrogen and oxygen atoms in total. The lowest BCUT2D eigenvalue weighted by atomic mass is 10.0. The van der Waals surface area contributed by atoms with Crippen molar-refractivity contribution >= 4 is 41.1 Å². The van der Waals surface area contributed by atoms with Gasteiger partial charge in [-0.15, -0.1) is 0 Å². The number of halogens is 1. The number of non-ortho nitro benzene ring substituents is 2. The number of hydrogen-bond acceptors (Lipinski definition) is 8. The van der Waals surface area contributed by atoms with E-state index in [1.807, 2.05) is 0 Å². The topological polar surface area (TPSA) is 181 Å². The highest BCUT2D eigenvalue weighted by atomic mass is 35.7. The van der Waals surface area contributed by atoms with Crippen molar-refractivity contribution in [1.82, 2.24) is 0 Å². The van der Waals surface area contributed by atoms with E-state index < -0.39 is 56.5 Å². The van der Waals surface area contributed by atoms with Gasteiger partial charge in [0.25, 0.3) is 20.4 Å². The fraction of sp³-hybridized carbons (Fsp3) is 0.0769. The summed E-state index contributed by atoms with van der Waals surface area (Å²) in [5, 5.41) is 27.0. The maximum absolute atomic E-state index is 11.7. The minimum Gasteiger partial charge on any atom is -0.258 e. The van der Waals surface area contributed by atoms with E-state index in [9.17, 15) is 37.1 Å². The molecule has 2 aromatic carbocycles. The first kappa shape index (κ1) is 20.7. The summed E-state index contributed by atoms with van der Waals surface area (Å²) in [6.45, 7) is 0. The average Bonchev–Trinajstić information content (AvgIpc) is 2.52. The number of nitrogens with zero attached hydrogens (tertiary/aromatic N) is 2. The molecule has 0 atom stereocenters. The molecule has 0 aliphatic heterocycles. The largest absolute Gasteiger partial charge is 0.269 e. The molecule has 0 fully saturated rings. The Hall–Kier alpha value is -2.61. The Bertz CT molecular complexity index is 1070. The van der Waals surface area contributed by atoms with Crippen LogP contribution in [0.2, 0.25) is 0 Å². The van der Waals surface area contributed by atoms with Gasteiger partial charge in [-0.1, -0.05) is 0 Å². The quantitative estimate of drug-likeness (QED) is 0.403. The summed E-state index contributed by atoms with van der Waals surface area (Å²) in [6.07, 6.45) is -0.517. The van der Waals surface area contributed by atoms with Crippen LogP contribution in [-0.2, 0) is 25.5 Å². The lowest BCUT2D eigenvalue weighted by molar-refractivity contribution is -0.385. The van der Waals surface area contributed by atoms with Gasteiger partial charge in [0.05, 0.1) is 19.6 Å². The molecule has 0 unspecified atom stereocenters. The zero-order valence-electron chi connectivity index (χ0n) is 13.1. The summed E-state index contributed by atoms with van der Waals surface area (Å²) in [5.41, 5.74) is -1.38. The van der Waals surface area contributed by atoms with Gasteiger partial charge in [-0.2, -0.15) is 0 Å². The zero-order valence-corrected chi connectivity index (χ0v) is 15.5. The molecule has 0 saturated carbocycles. The Kier molecular flexibility index (Phi) is 5.51. The van der Waals surface area contributed by atoms with E-state index in [0.29, 0.717) is 0 Å². The molecule has 0 heterocycles. The molecule has 27 heavy (non-hydrogen) atoms. The summed E-state index contributed by atoms with van der Waals surface area (Å²) in [5.74, 6) is 0. The Morgan fingerprint density at radius 2 is 1.26 bits per heavy atom. The molecule has 0 saturated heterocycles. The highest BCUT2D eigenvalue weighted by molar-refractivity contribution is 8.13. The van der Waals surface area contributed by atoms with E-state index in [0.717, 1.165) is 36.4 Å². The second-order valence-corrected chi connectivity index (χ2v) is 9.32. The monoisotopic (exact) mass is 435 g/mol. The van der Waals surface area contributed by atoms with Gasteiger partial charge < -0.3 is 0 Å². The Balaban J connectivity index is 2.75. The summed E-state index contributed by atoms with van der Waals surface area (Å²) >= 11 is 0. The lowest BCUT2D eigenvalue weighted by Gasteiger charge is -2.10. The molecule has 0 bridgehead atoms. The fourth-order valence-electron chi connectivity index (χ4n) is 2.36. The number of hydrogen-bond donors (Lipinski definition) is 1. The molecule has 0 aliphatic rings. The van der Waals surface area contributed by atoms with E-state index in [-0.39, 0.29) is 11.1 Å². The van der Waals surface area contributed by atoms with Crippen molar-refractivity contribution in [1.29, 1.82) is 0 Å². The number of primary sulfonamides is 1. The first-order valence-electron chi connectivity index (χ1n) is 6.83. The third kappa shape index (κ3) is 4.77. The Morgan fingerprint density at radius 3 is 1.63 bits per heavy atom. The van der Waals surface area contributed by atoms with Gasteiger partial charge in [-0.05, 0) is 23.3 Å². The predicted molar refractivity (Wildman–Crippen MR) is 93.4 cm³/mol. The van der Waals surface area contributed by atoms with E-state index in [2.05, 4.69) is 0 Å². The van der Waals surface area contributed by atoms with Crippen LogP contribution < -0.4 is 5.14 Å². The zero-order chi connectivity index (χ0) is 20.6. The average molecular weight is 436 g/mol. The SMILES string of the molecule is NS(=O)(=O)c1ccc([N+](=O)[O-])cc1Cc1cc([N+](=O)[O-])ccc1S(=O)(=O)Cl. The van der Waals surface area contributed by atoms with Gasteiger partial charge in [-0.3, -0.25) is 20.2 Å². The number of sulfonamides is 1. The van der Waals surface area contributed by atoms with Crippen LogP contribution in [0.3, 0.4) is 0 Å². The van der Waals surface area contributed by atoms with Crippen molar-refractivity contribution in [3.05, 3.63) is 67.8 Å². The molecule has 2 rings (SSSR count). The Labute approximate surface area is 157 Å². The van der Waals surface area contributed by atoms with Crippen molar-refractivity contribution < 1.29 is 26.7 Å². The minimum atomic E-state index is -4.34. The molecule has 144 valence electrons. The molecule has 2 N–H and O–H groups in total. The van der Waals surface area contributed by atoms with Crippen molar-refractivity contribution in [3.63, 3.8) is 0 Å². The van der Waals surface area contributed by atoms with Crippen LogP contribution in [0.25, 0.3) is 0 Å². The molecule has 0 aliphatic carbocycles. The normalized spacial score (nSPS) is 11.9. The maximum Gasteiger partial charge on any atom is 0.269 e. The van der Waals surface area contributed by atoms with E-state index in [4.69, 9.17) is 15.8 Å². The highest BCUT2D eigenvalue weighted by Gasteiger charge is 2.23. The summed E-state index contributed by atoms with van der Waals surface area (Å²) in [6, 6.07) is 5.39. The van der Waals surface area contributed by atoms with Crippen LogP contribution >= 0.6 is 10.7 Å². The van der Waals surface area contributed by atoms with Crippen LogP contribution in [0.1, 0.15) is 11.1 Å². The molecule has 0 amide bonds. The van der Waals surface area contributed by atoms with E-state index >= 15 is 0 Å². The van der Waals surface area contributed by atoms with Gasteiger partial charge in [0.15, 0.2) is 0 Å². The second-order valence-electron chi connectivity index (χ2n) is 5.26. The number of nitrogens with two attached hydrogens (primary N) is 1. The fourth-order valence-corrected chi connectivity index (χ4v) is 4.24. The van der Waals surface area contributed by atoms with Gasteiger partial charge in [0.1, 0.15) is 0 Å². The molecule has 0 radical (unpaired) electrons. The third-order valence-corrected chi connectivity index (χ3v) is 5.89. The molecular formula is C13H10ClN3O8S2. The summed E-state index contributed by atoms with van der Waals surface area (Å²) in [7, 11) is -3.32. The van der Waals surface area contributed by atoms with Crippen LogP contribution in [-0.4, -0.2) is 26.7 Å². The standard InChI is InChI=1S/C13H10ClN3O8S2/c14-26(22,23)12-3-1-10(16(18)19)6-8(12)5-9-7-11(17(20)21)2-4-13(9)27(15,24)25/h1-4,6-7H,5H2,(H2,15,24,25). The second kappa shape index (κ2) is 7.19. The smallest absolute Gasteiger partial charge is 0.258 e. The van der Waals surface area contributed by atoms with Crippen molar-refractivity contribution in [2.75, 3.05) is 0 Å². The van der Waals surface area contributed by atoms with Gasteiger partial charge in [-0.25, -0.2) is 22.0 Å². The lowest BCUT2D eigenvalue weighted by Crippen LogP contribution is -2.15. The highest BCUT2D eigenvalue weighted by Crippen LogP contribution is 2.30. The van der Waals surface area contributed by atoms with E-state index in [1.54, 1.807) is 0 Å². The molecular weight excluding hydrogens is 426 g/mol. The number of nitro benzene ring substituents is 2. The molecule has 14 heteroatoms. The van der Waals surface area contributed by atoms with Crippen molar-refractivity contribution in [3.8, 4) is 0 Å². The van der Waals surface area contributed by atoms with Crippen LogP contribution in [0.4, 0.5) is 11.4 Å². The Morgan fingerprint density at radius 1 is 0.852 bits per heavy atom. The van der Waals surface area contributed by atoms with Gasteiger partial charge >= 0.3 is 0 Å². The molecule has 0 spiro atoms.